The number of ether oxygens (including phenoxy) is 2. The molecule has 0 bridgehead atoms. The molecule has 3 aromatic carbocycles. The number of hydrogen-bond donors (Lipinski definition) is 1. The molecule has 0 aliphatic carbocycles. The van der Waals surface area contributed by atoms with Crippen molar-refractivity contribution >= 4 is 5.97 Å². The Kier molecular flexibility index (Phi) is 6.01. The quantitative estimate of drug-likeness (QED) is 0.613. The van der Waals surface area contributed by atoms with E-state index in [9.17, 15) is 9.90 Å². The Labute approximate surface area is 159 Å². The fourth-order valence-corrected chi connectivity index (χ4v) is 3.21. The maximum absolute atomic E-state index is 11.5. The predicted molar refractivity (Wildman–Crippen MR) is 104 cm³/mol. The summed E-state index contributed by atoms with van der Waals surface area (Å²) in [5, 5.41) is 9.38. The number of methoxy groups -OCH3 is 1. The third kappa shape index (κ3) is 3.92. The number of rotatable bonds is 8. The van der Waals surface area contributed by atoms with Gasteiger partial charge in [-0.25, -0.2) is 4.79 Å². The van der Waals surface area contributed by atoms with E-state index in [1.54, 1.807) is 0 Å². The van der Waals surface area contributed by atoms with E-state index in [2.05, 4.69) is 0 Å². The summed E-state index contributed by atoms with van der Waals surface area (Å²) in [6.07, 6.45) is -1.06. The molecule has 0 aliphatic heterocycles. The summed E-state index contributed by atoms with van der Waals surface area (Å²) in [5.74, 6) is -1.06. The van der Waals surface area contributed by atoms with Gasteiger partial charge >= 0.3 is 5.97 Å². The van der Waals surface area contributed by atoms with Crippen molar-refractivity contribution in [3.63, 3.8) is 0 Å². The highest BCUT2D eigenvalue weighted by atomic mass is 16.6. The number of hydrogen-bond acceptors (Lipinski definition) is 3. The Morgan fingerprint density at radius 2 is 1.19 bits per heavy atom. The van der Waals surface area contributed by atoms with E-state index in [1.807, 2.05) is 91.0 Å². The summed E-state index contributed by atoms with van der Waals surface area (Å²) in [7, 11) is 1.37. The zero-order chi connectivity index (χ0) is 19.1. The van der Waals surface area contributed by atoms with Crippen LogP contribution in [0.2, 0.25) is 0 Å². The standard InChI is InChI=1S/C23H22O4/c1-26-21(22(24)25)17-27-23(18-11-5-2-6-12-18,19-13-7-3-8-14-19)20-15-9-4-10-16-20/h2-16,21H,17H2,1H3,(H,24,25)/t21-/m0/s1. The summed E-state index contributed by atoms with van der Waals surface area (Å²) in [6, 6.07) is 29.5. The van der Waals surface area contributed by atoms with Crippen molar-refractivity contribution in [1.82, 2.24) is 0 Å². The predicted octanol–water partition coefficient (Wildman–Crippen LogP) is 4.09. The van der Waals surface area contributed by atoms with Crippen molar-refractivity contribution in [1.29, 1.82) is 0 Å². The molecule has 0 radical (unpaired) electrons. The molecular weight excluding hydrogens is 340 g/mol. The summed E-state index contributed by atoms with van der Waals surface area (Å²) in [6.45, 7) is -0.0927. The lowest BCUT2D eigenvalue weighted by Crippen LogP contribution is -2.38. The van der Waals surface area contributed by atoms with Gasteiger partial charge in [0.15, 0.2) is 6.10 Å². The van der Waals surface area contributed by atoms with Gasteiger partial charge in [0.1, 0.15) is 5.60 Å². The first-order valence-corrected chi connectivity index (χ1v) is 8.74. The minimum absolute atomic E-state index is 0.0927. The molecule has 3 aromatic rings. The van der Waals surface area contributed by atoms with E-state index < -0.39 is 17.7 Å². The fraction of sp³-hybridized carbons (Fsp3) is 0.174. The van der Waals surface area contributed by atoms with Crippen molar-refractivity contribution in [2.75, 3.05) is 13.7 Å². The average molecular weight is 362 g/mol. The first-order valence-electron chi connectivity index (χ1n) is 8.74. The first-order chi connectivity index (χ1) is 13.2. The van der Waals surface area contributed by atoms with E-state index in [0.29, 0.717) is 0 Å². The number of benzene rings is 3. The van der Waals surface area contributed by atoms with Gasteiger partial charge in [-0.1, -0.05) is 91.0 Å². The van der Waals surface area contributed by atoms with Gasteiger partial charge < -0.3 is 14.6 Å². The number of carboxylic acid groups (broad SMARTS) is 1. The molecule has 0 heterocycles. The van der Waals surface area contributed by atoms with E-state index in [1.165, 1.54) is 7.11 Å². The molecule has 0 saturated heterocycles. The molecule has 0 unspecified atom stereocenters. The Balaban J connectivity index is 2.18. The molecule has 0 amide bonds. The van der Waals surface area contributed by atoms with E-state index in [0.717, 1.165) is 16.7 Å². The van der Waals surface area contributed by atoms with Gasteiger partial charge in [-0.3, -0.25) is 0 Å². The van der Waals surface area contributed by atoms with E-state index in [-0.39, 0.29) is 6.61 Å². The van der Waals surface area contributed by atoms with Crippen LogP contribution in [-0.2, 0) is 19.9 Å². The van der Waals surface area contributed by atoms with Crippen LogP contribution in [0.1, 0.15) is 16.7 Å². The summed E-state index contributed by atoms with van der Waals surface area (Å²) >= 11 is 0. The van der Waals surface area contributed by atoms with Gasteiger partial charge in [0, 0.05) is 7.11 Å². The SMILES string of the molecule is CO[C@@H](COC(c1ccccc1)(c1ccccc1)c1ccccc1)C(=O)O. The highest BCUT2D eigenvalue weighted by molar-refractivity contribution is 5.72. The second kappa shape index (κ2) is 8.62. The van der Waals surface area contributed by atoms with Crippen LogP contribution in [0.5, 0.6) is 0 Å². The highest BCUT2D eigenvalue weighted by Crippen LogP contribution is 2.40. The van der Waals surface area contributed by atoms with Crippen molar-refractivity contribution in [2.45, 2.75) is 11.7 Å². The summed E-state index contributed by atoms with van der Waals surface area (Å²) in [5.41, 5.74) is 1.81. The van der Waals surface area contributed by atoms with Gasteiger partial charge in [0.05, 0.1) is 6.61 Å². The summed E-state index contributed by atoms with van der Waals surface area (Å²) < 4.78 is 11.5. The van der Waals surface area contributed by atoms with Crippen LogP contribution in [0.25, 0.3) is 0 Å². The molecule has 27 heavy (non-hydrogen) atoms. The zero-order valence-electron chi connectivity index (χ0n) is 15.1. The molecule has 4 nitrogen and oxygen atoms in total. The smallest absolute Gasteiger partial charge is 0.335 e. The highest BCUT2D eigenvalue weighted by Gasteiger charge is 2.38. The van der Waals surface area contributed by atoms with Crippen LogP contribution >= 0.6 is 0 Å². The Hall–Kier alpha value is -2.95. The number of carbonyl (C=O) groups is 1. The molecule has 138 valence electrons. The minimum atomic E-state index is -1.06. The van der Waals surface area contributed by atoms with E-state index in [4.69, 9.17) is 9.47 Å². The van der Waals surface area contributed by atoms with Crippen molar-refractivity contribution in [3.05, 3.63) is 108 Å². The lowest BCUT2D eigenvalue weighted by molar-refractivity contribution is -0.155. The van der Waals surface area contributed by atoms with Gasteiger partial charge in [-0.05, 0) is 16.7 Å². The van der Waals surface area contributed by atoms with Crippen LogP contribution < -0.4 is 0 Å². The number of carboxylic acids is 1. The topological polar surface area (TPSA) is 55.8 Å². The van der Waals surface area contributed by atoms with Crippen LogP contribution in [-0.4, -0.2) is 30.9 Å². The monoisotopic (exact) mass is 362 g/mol. The Bertz CT molecular complexity index is 751. The maximum atomic E-state index is 11.5. The molecule has 0 fully saturated rings. The van der Waals surface area contributed by atoms with Crippen molar-refractivity contribution in [3.8, 4) is 0 Å². The summed E-state index contributed by atoms with van der Waals surface area (Å²) in [4.78, 5) is 11.5. The lowest BCUT2D eigenvalue weighted by atomic mass is 9.80. The van der Waals surface area contributed by atoms with Crippen LogP contribution in [0.3, 0.4) is 0 Å². The Morgan fingerprint density at radius 3 is 1.48 bits per heavy atom. The van der Waals surface area contributed by atoms with Gasteiger partial charge in [0.25, 0.3) is 0 Å². The van der Waals surface area contributed by atoms with Crippen molar-refractivity contribution < 1.29 is 19.4 Å². The molecule has 3 rings (SSSR count). The molecule has 1 N–H and O–H groups in total. The molecule has 0 aromatic heterocycles. The van der Waals surface area contributed by atoms with Crippen molar-refractivity contribution in [2.24, 2.45) is 0 Å². The molecule has 0 spiro atoms. The maximum Gasteiger partial charge on any atom is 0.335 e. The molecule has 0 saturated carbocycles. The third-order valence-electron chi connectivity index (χ3n) is 4.55. The normalized spacial score (nSPS) is 12.5. The zero-order valence-corrected chi connectivity index (χ0v) is 15.1. The van der Waals surface area contributed by atoms with Gasteiger partial charge in [0.2, 0.25) is 0 Å². The second-order valence-corrected chi connectivity index (χ2v) is 6.15. The van der Waals surface area contributed by atoms with E-state index >= 15 is 0 Å². The van der Waals surface area contributed by atoms with Gasteiger partial charge in [-0.2, -0.15) is 0 Å². The van der Waals surface area contributed by atoms with Crippen LogP contribution in [0.4, 0.5) is 0 Å². The second-order valence-electron chi connectivity index (χ2n) is 6.15. The lowest BCUT2D eigenvalue weighted by Gasteiger charge is -2.36. The third-order valence-corrected chi connectivity index (χ3v) is 4.55. The van der Waals surface area contributed by atoms with Gasteiger partial charge in [-0.15, -0.1) is 0 Å². The molecular formula is C23H22O4. The largest absolute Gasteiger partial charge is 0.479 e. The van der Waals surface area contributed by atoms with Crippen LogP contribution in [0.15, 0.2) is 91.0 Å². The number of aliphatic carboxylic acids is 1. The molecule has 1 atom stereocenters. The average Bonchev–Trinajstić information content (AvgIpc) is 2.73. The first kappa shape index (κ1) is 18.8. The molecule has 4 heteroatoms. The minimum Gasteiger partial charge on any atom is -0.479 e. The molecule has 0 aliphatic rings. The Morgan fingerprint density at radius 1 is 0.815 bits per heavy atom. The fourth-order valence-electron chi connectivity index (χ4n) is 3.21. The van der Waals surface area contributed by atoms with Crippen LogP contribution in [0, 0.1) is 0 Å².